The average Bonchev–Trinajstić information content (AvgIpc) is 2.63. The van der Waals surface area contributed by atoms with Crippen LogP contribution in [0.3, 0.4) is 0 Å². The Morgan fingerprint density at radius 1 is 1.12 bits per heavy atom. The Hall–Kier alpha value is -2.76. The lowest BCUT2D eigenvalue weighted by Crippen LogP contribution is -2.30. The van der Waals surface area contributed by atoms with Crippen LogP contribution in [0.5, 0.6) is 11.5 Å². The largest absolute Gasteiger partial charge is 0.497 e. The predicted molar refractivity (Wildman–Crippen MR) is 94.3 cm³/mol. The van der Waals surface area contributed by atoms with Gasteiger partial charge in [0, 0.05) is 30.9 Å². The number of ether oxygens (including phenoxy) is 2. The van der Waals surface area contributed by atoms with E-state index in [-0.39, 0.29) is 5.91 Å². The summed E-state index contributed by atoms with van der Waals surface area (Å²) in [6.45, 7) is 5.27. The zero-order chi connectivity index (χ0) is 17.5. The first kappa shape index (κ1) is 17.6. The molecule has 6 nitrogen and oxygen atoms in total. The molecule has 2 aromatic rings. The topological polar surface area (TPSA) is 63.7 Å². The van der Waals surface area contributed by atoms with E-state index < -0.39 is 0 Å². The van der Waals surface area contributed by atoms with Gasteiger partial charge in [-0.05, 0) is 38.1 Å². The van der Waals surface area contributed by atoms with Crippen LogP contribution in [-0.2, 0) is 0 Å². The van der Waals surface area contributed by atoms with Gasteiger partial charge in [-0.1, -0.05) is 0 Å². The maximum Gasteiger partial charge on any atom is 0.254 e. The van der Waals surface area contributed by atoms with Gasteiger partial charge < -0.3 is 19.7 Å². The van der Waals surface area contributed by atoms with E-state index in [9.17, 15) is 4.79 Å². The van der Waals surface area contributed by atoms with Crippen molar-refractivity contribution < 1.29 is 14.3 Å². The number of carbonyl (C=O) groups is 1. The van der Waals surface area contributed by atoms with Crippen LogP contribution in [0, 0.1) is 0 Å². The highest BCUT2D eigenvalue weighted by Crippen LogP contribution is 2.31. The van der Waals surface area contributed by atoms with E-state index in [1.54, 1.807) is 43.5 Å². The monoisotopic (exact) mass is 329 g/mol. The van der Waals surface area contributed by atoms with Crippen molar-refractivity contribution in [2.24, 2.45) is 0 Å². The molecule has 1 aromatic carbocycles. The summed E-state index contributed by atoms with van der Waals surface area (Å²) in [6.07, 6.45) is 1.62. The second kappa shape index (κ2) is 8.19. The summed E-state index contributed by atoms with van der Waals surface area (Å²) in [4.78, 5) is 18.5. The number of nitrogens with zero attached hydrogens (tertiary/aromatic N) is 2. The highest BCUT2D eigenvalue weighted by atomic mass is 16.5. The molecule has 0 atom stereocenters. The first-order chi connectivity index (χ1) is 11.6. The molecule has 0 aliphatic rings. The van der Waals surface area contributed by atoms with E-state index in [1.165, 1.54) is 0 Å². The van der Waals surface area contributed by atoms with Crippen LogP contribution in [-0.4, -0.2) is 43.1 Å². The number of aromatic nitrogens is 1. The van der Waals surface area contributed by atoms with Gasteiger partial charge in [-0.25, -0.2) is 4.98 Å². The van der Waals surface area contributed by atoms with E-state index in [1.807, 2.05) is 26.0 Å². The lowest BCUT2D eigenvalue weighted by Gasteiger charge is -2.19. The molecule has 6 heteroatoms. The van der Waals surface area contributed by atoms with Gasteiger partial charge in [0.2, 0.25) is 0 Å². The van der Waals surface area contributed by atoms with Gasteiger partial charge >= 0.3 is 0 Å². The van der Waals surface area contributed by atoms with Crippen molar-refractivity contribution in [3.05, 3.63) is 42.1 Å². The summed E-state index contributed by atoms with van der Waals surface area (Å²) in [5, 5.41) is 3.18. The van der Waals surface area contributed by atoms with Gasteiger partial charge in [-0.15, -0.1) is 0 Å². The number of benzene rings is 1. The number of nitrogens with one attached hydrogen (secondary N) is 1. The number of methoxy groups -OCH3 is 2. The summed E-state index contributed by atoms with van der Waals surface area (Å²) in [5.74, 6) is 1.91. The highest BCUT2D eigenvalue weighted by Gasteiger charge is 2.13. The summed E-state index contributed by atoms with van der Waals surface area (Å²) in [5.41, 5.74) is 1.35. The molecule has 24 heavy (non-hydrogen) atoms. The van der Waals surface area contributed by atoms with Crippen LogP contribution in [0.25, 0.3) is 0 Å². The van der Waals surface area contributed by atoms with Gasteiger partial charge in [-0.3, -0.25) is 4.79 Å². The van der Waals surface area contributed by atoms with Crippen LogP contribution < -0.4 is 14.8 Å². The summed E-state index contributed by atoms with van der Waals surface area (Å²) >= 11 is 0. The normalized spacial score (nSPS) is 10.2. The van der Waals surface area contributed by atoms with Gasteiger partial charge in [0.25, 0.3) is 5.91 Å². The predicted octanol–water partition coefficient (Wildman–Crippen LogP) is 3.32. The lowest BCUT2D eigenvalue weighted by molar-refractivity contribution is 0.0773. The SMILES string of the molecule is CCN(CC)C(=O)c1ccnc(Nc2ccc(OC)cc2OC)c1. The molecule has 2 rings (SSSR count). The maximum absolute atomic E-state index is 12.4. The molecule has 1 amide bonds. The summed E-state index contributed by atoms with van der Waals surface area (Å²) in [6, 6.07) is 8.92. The van der Waals surface area contributed by atoms with Crippen LogP contribution in [0.4, 0.5) is 11.5 Å². The number of hydrogen-bond acceptors (Lipinski definition) is 5. The van der Waals surface area contributed by atoms with Crippen LogP contribution in [0.1, 0.15) is 24.2 Å². The Morgan fingerprint density at radius 3 is 2.50 bits per heavy atom. The zero-order valence-electron chi connectivity index (χ0n) is 14.5. The van der Waals surface area contributed by atoms with Crippen molar-refractivity contribution in [2.75, 3.05) is 32.6 Å². The molecule has 1 aromatic heterocycles. The average molecular weight is 329 g/mol. The Kier molecular flexibility index (Phi) is 6.01. The number of anilines is 2. The third-order valence-corrected chi connectivity index (χ3v) is 3.73. The minimum absolute atomic E-state index is 0.00727. The van der Waals surface area contributed by atoms with E-state index in [2.05, 4.69) is 10.3 Å². The Bertz CT molecular complexity index is 700. The second-order valence-electron chi connectivity index (χ2n) is 5.10. The number of amides is 1. The molecule has 0 aliphatic carbocycles. The zero-order valence-corrected chi connectivity index (χ0v) is 14.5. The van der Waals surface area contributed by atoms with Gasteiger partial charge in [0.1, 0.15) is 17.3 Å². The fraction of sp³-hybridized carbons (Fsp3) is 0.333. The van der Waals surface area contributed by atoms with Crippen LogP contribution in [0.15, 0.2) is 36.5 Å². The summed E-state index contributed by atoms with van der Waals surface area (Å²) in [7, 11) is 3.19. The Morgan fingerprint density at radius 2 is 1.88 bits per heavy atom. The number of hydrogen-bond donors (Lipinski definition) is 1. The van der Waals surface area contributed by atoms with Crippen molar-refractivity contribution in [1.29, 1.82) is 0 Å². The molecule has 1 heterocycles. The van der Waals surface area contributed by atoms with Crippen LogP contribution in [0.2, 0.25) is 0 Å². The molecule has 0 bridgehead atoms. The minimum atomic E-state index is -0.00727. The first-order valence-corrected chi connectivity index (χ1v) is 7.87. The van der Waals surface area contributed by atoms with Gasteiger partial charge in [0.05, 0.1) is 19.9 Å². The Balaban J connectivity index is 2.25. The number of rotatable bonds is 7. The lowest BCUT2D eigenvalue weighted by atomic mass is 10.2. The maximum atomic E-state index is 12.4. The number of pyridine rings is 1. The molecule has 0 aliphatic heterocycles. The number of carbonyl (C=O) groups excluding carboxylic acids is 1. The quantitative estimate of drug-likeness (QED) is 0.844. The molecule has 0 unspecified atom stereocenters. The first-order valence-electron chi connectivity index (χ1n) is 7.87. The standard InChI is InChI=1S/C18H23N3O3/c1-5-21(6-2)18(22)13-9-10-19-17(11-13)20-15-8-7-14(23-3)12-16(15)24-4/h7-12H,5-6H2,1-4H3,(H,19,20). The fourth-order valence-corrected chi connectivity index (χ4v) is 2.37. The van der Waals surface area contributed by atoms with E-state index in [0.717, 1.165) is 5.69 Å². The van der Waals surface area contributed by atoms with E-state index >= 15 is 0 Å². The molecule has 128 valence electrons. The minimum Gasteiger partial charge on any atom is -0.497 e. The third kappa shape index (κ3) is 3.95. The van der Waals surface area contributed by atoms with E-state index in [0.29, 0.717) is 36.0 Å². The van der Waals surface area contributed by atoms with E-state index in [4.69, 9.17) is 9.47 Å². The third-order valence-electron chi connectivity index (χ3n) is 3.73. The molecule has 0 spiro atoms. The molecule has 0 saturated carbocycles. The molecular formula is C18H23N3O3. The van der Waals surface area contributed by atoms with Crippen molar-refractivity contribution in [3.63, 3.8) is 0 Å². The molecule has 0 saturated heterocycles. The molecule has 0 radical (unpaired) electrons. The summed E-state index contributed by atoms with van der Waals surface area (Å²) < 4.78 is 10.6. The smallest absolute Gasteiger partial charge is 0.254 e. The van der Waals surface area contributed by atoms with Gasteiger partial charge in [0.15, 0.2) is 0 Å². The van der Waals surface area contributed by atoms with Crippen molar-refractivity contribution in [1.82, 2.24) is 9.88 Å². The van der Waals surface area contributed by atoms with Crippen molar-refractivity contribution >= 4 is 17.4 Å². The molecule has 1 N–H and O–H groups in total. The fourth-order valence-electron chi connectivity index (χ4n) is 2.37. The van der Waals surface area contributed by atoms with Crippen molar-refractivity contribution in [3.8, 4) is 11.5 Å². The molecular weight excluding hydrogens is 306 g/mol. The highest BCUT2D eigenvalue weighted by molar-refractivity contribution is 5.95. The molecule has 0 fully saturated rings. The van der Waals surface area contributed by atoms with Crippen LogP contribution >= 0.6 is 0 Å². The van der Waals surface area contributed by atoms with Crippen molar-refractivity contribution in [2.45, 2.75) is 13.8 Å². The Labute approximate surface area is 142 Å². The van der Waals surface area contributed by atoms with Gasteiger partial charge in [-0.2, -0.15) is 0 Å². The second-order valence-corrected chi connectivity index (χ2v) is 5.10.